The molecule has 0 aromatic rings. The first-order valence-electron chi connectivity index (χ1n) is 6.18. The number of hydrogen-bond donors (Lipinski definition) is 2. The van der Waals surface area contributed by atoms with Gasteiger partial charge in [0.1, 0.15) is 5.54 Å². The summed E-state index contributed by atoms with van der Waals surface area (Å²) >= 11 is 0. The van der Waals surface area contributed by atoms with E-state index in [1.807, 2.05) is 0 Å². The molecular weight excluding hydrogens is 220 g/mol. The number of urea groups is 1. The highest BCUT2D eigenvalue weighted by molar-refractivity contribution is 5.87. The largest absolute Gasteiger partial charge is 0.480 e. The second-order valence-electron chi connectivity index (χ2n) is 5.06. The molecule has 1 rings (SSSR count). The number of carbonyl (C=O) groups excluding carboxylic acids is 1. The van der Waals surface area contributed by atoms with Crippen molar-refractivity contribution in [2.75, 3.05) is 13.6 Å². The second kappa shape index (κ2) is 5.38. The predicted molar refractivity (Wildman–Crippen MR) is 64.8 cm³/mol. The quantitative estimate of drug-likeness (QED) is 0.770. The summed E-state index contributed by atoms with van der Waals surface area (Å²) in [5.41, 5.74) is -1.01. The molecule has 0 radical (unpaired) electrons. The van der Waals surface area contributed by atoms with Crippen LogP contribution in [0.5, 0.6) is 0 Å². The highest BCUT2D eigenvalue weighted by Gasteiger charge is 2.46. The Kier molecular flexibility index (Phi) is 4.37. The summed E-state index contributed by atoms with van der Waals surface area (Å²) in [6.07, 6.45) is 2.93. The van der Waals surface area contributed by atoms with Gasteiger partial charge in [-0.1, -0.05) is 20.3 Å². The van der Waals surface area contributed by atoms with E-state index < -0.39 is 11.5 Å². The number of rotatable bonds is 5. The zero-order chi connectivity index (χ0) is 13.1. The molecule has 1 fully saturated rings. The molecule has 0 aliphatic heterocycles. The third kappa shape index (κ3) is 3.11. The third-order valence-electron chi connectivity index (χ3n) is 3.59. The molecule has 1 unspecified atom stereocenters. The minimum Gasteiger partial charge on any atom is -0.480 e. The lowest BCUT2D eigenvalue weighted by atomic mass is 9.77. The van der Waals surface area contributed by atoms with E-state index in [1.54, 1.807) is 11.9 Å². The lowest BCUT2D eigenvalue weighted by Gasteiger charge is -2.39. The van der Waals surface area contributed by atoms with Crippen molar-refractivity contribution in [3.8, 4) is 0 Å². The van der Waals surface area contributed by atoms with Crippen LogP contribution in [0.1, 0.15) is 39.5 Å². The molecule has 0 heterocycles. The average Bonchev–Trinajstić information content (AvgIpc) is 2.22. The number of aliphatic carboxylic acids is 1. The van der Waals surface area contributed by atoms with Crippen molar-refractivity contribution in [3.05, 3.63) is 0 Å². The van der Waals surface area contributed by atoms with Crippen LogP contribution in [0.3, 0.4) is 0 Å². The van der Waals surface area contributed by atoms with Gasteiger partial charge in [0.15, 0.2) is 0 Å². The maximum absolute atomic E-state index is 11.9. The van der Waals surface area contributed by atoms with Crippen molar-refractivity contribution in [2.45, 2.75) is 45.1 Å². The van der Waals surface area contributed by atoms with Gasteiger partial charge in [-0.25, -0.2) is 9.59 Å². The first-order chi connectivity index (χ1) is 7.91. The molecule has 0 saturated heterocycles. The van der Waals surface area contributed by atoms with Crippen LogP contribution in [0.25, 0.3) is 0 Å². The van der Waals surface area contributed by atoms with Crippen molar-refractivity contribution in [1.82, 2.24) is 10.2 Å². The highest BCUT2D eigenvalue weighted by atomic mass is 16.4. The Labute approximate surface area is 102 Å². The van der Waals surface area contributed by atoms with Gasteiger partial charge in [-0.15, -0.1) is 0 Å². The highest BCUT2D eigenvalue weighted by Crippen LogP contribution is 2.32. The monoisotopic (exact) mass is 242 g/mol. The van der Waals surface area contributed by atoms with Gasteiger partial charge in [0.2, 0.25) is 0 Å². The molecule has 2 amide bonds. The smallest absolute Gasteiger partial charge is 0.329 e. The van der Waals surface area contributed by atoms with E-state index in [4.69, 9.17) is 5.11 Å². The fraction of sp³-hybridized carbons (Fsp3) is 0.833. The first-order valence-corrected chi connectivity index (χ1v) is 6.18. The molecular formula is C12H22N2O3. The van der Waals surface area contributed by atoms with Gasteiger partial charge < -0.3 is 15.3 Å². The summed E-state index contributed by atoms with van der Waals surface area (Å²) in [5.74, 6) is -0.498. The van der Waals surface area contributed by atoms with Gasteiger partial charge >= 0.3 is 12.0 Å². The maximum Gasteiger partial charge on any atom is 0.329 e. The minimum atomic E-state index is -1.01. The summed E-state index contributed by atoms with van der Waals surface area (Å²) in [6.45, 7) is 4.79. The molecule has 0 spiro atoms. The molecule has 5 heteroatoms. The Morgan fingerprint density at radius 3 is 2.41 bits per heavy atom. The maximum atomic E-state index is 11.9. The van der Waals surface area contributed by atoms with Crippen LogP contribution < -0.4 is 5.32 Å². The molecule has 5 nitrogen and oxygen atoms in total. The third-order valence-corrected chi connectivity index (χ3v) is 3.59. The summed E-state index contributed by atoms with van der Waals surface area (Å²) in [6, 6.07) is -0.285. The van der Waals surface area contributed by atoms with Gasteiger partial charge in [0.05, 0.1) is 0 Å². The Hall–Kier alpha value is -1.26. The van der Waals surface area contributed by atoms with Crippen molar-refractivity contribution < 1.29 is 14.7 Å². The summed E-state index contributed by atoms with van der Waals surface area (Å²) in [5, 5.41) is 11.8. The van der Waals surface area contributed by atoms with Crippen molar-refractivity contribution in [1.29, 1.82) is 0 Å². The van der Waals surface area contributed by atoms with Gasteiger partial charge in [-0.2, -0.15) is 0 Å². The van der Waals surface area contributed by atoms with Crippen LogP contribution in [0.2, 0.25) is 0 Å². The summed E-state index contributed by atoms with van der Waals surface area (Å²) < 4.78 is 0. The van der Waals surface area contributed by atoms with E-state index in [2.05, 4.69) is 19.2 Å². The van der Waals surface area contributed by atoms with E-state index in [9.17, 15) is 9.59 Å². The molecule has 1 aliphatic rings. The Bertz CT molecular complexity index is 300. The lowest BCUT2D eigenvalue weighted by Crippen LogP contribution is -2.61. The van der Waals surface area contributed by atoms with Crippen LogP contribution in [0.15, 0.2) is 0 Å². The van der Waals surface area contributed by atoms with Gasteiger partial charge in [0, 0.05) is 13.6 Å². The Morgan fingerprint density at radius 1 is 1.47 bits per heavy atom. The zero-order valence-corrected chi connectivity index (χ0v) is 10.8. The molecule has 0 aromatic carbocycles. The van der Waals surface area contributed by atoms with Crippen LogP contribution in [-0.4, -0.2) is 41.1 Å². The number of hydrogen-bond acceptors (Lipinski definition) is 2. The van der Waals surface area contributed by atoms with Crippen molar-refractivity contribution in [2.24, 2.45) is 5.92 Å². The minimum absolute atomic E-state index is 0.285. The molecule has 17 heavy (non-hydrogen) atoms. The number of nitrogens with one attached hydrogen (secondary N) is 1. The van der Waals surface area contributed by atoms with Gasteiger partial charge in [0.25, 0.3) is 0 Å². The zero-order valence-electron chi connectivity index (χ0n) is 10.8. The Morgan fingerprint density at radius 2 is 2.06 bits per heavy atom. The fourth-order valence-corrected chi connectivity index (χ4v) is 1.90. The summed E-state index contributed by atoms with van der Waals surface area (Å²) in [4.78, 5) is 24.5. The number of carboxylic acid groups (broad SMARTS) is 1. The standard InChI is InChI=1S/C12H22N2O3/c1-4-9(2)8-14(3)11(17)13-12(10(15)16)6-5-7-12/h9H,4-8H2,1-3H3,(H,13,17)(H,15,16). The number of amides is 2. The molecule has 2 N–H and O–H groups in total. The summed E-state index contributed by atoms with van der Waals surface area (Å²) in [7, 11) is 1.70. The molecule has 1 atom stereocenters. The Balaban J connectivity index is 2.50. The van der Waals surface area contributed by atoms with Crippen LogP contribution >= 0.6 is 0 Å². The molecule has 1 saturated carbocycles. The van der Waals surface area contributed by atoms with Crippen LogP contribution in [-0.2, 0) is 4.79 Å². The number of nitrogens with zero attached hydrogens (tertiary/aromatic N) is 1. The van der Waals surface area contributed by atoms with Gasteiger partial charge in [-0.3, -0.25) is 0 Å². The fourth-order valence-electron chi connectivity index (χ4n) is 1.90. The van der Waals surface area contributed by atoms with E-state index in [0.29, 0.717) is 25.3 Å². The lowest BCUT2D eigenvalue weighted by molar-refractivity contribution is -0.148. The predicted octanol–water partition coefficient (Wildman–Crippen LogP) is 1.68. The molecule has 1 aliphatic carbocycles. The topological polar surface area (TPSA) is 69.6 Å². The van der Waals surface area contributed by atoms with E-state index in [0.717, 1.165) is 12.8 Å². The normalized spacial score (nSPS) is 19.0. The first kappa shape index (κ1) is 13.8. The SMILES string of the molecule is CCC(C)CN(C)C(=O)NC1(C(=O)O)CCC1. The van der Waals surface area contributed by atoms with Crippen molar-refractivity contribution >= 4 is 12.0 Å². The van der Waals surface area contributed by atoms with E-state index in [-0.39, 0.29) is 6.03 Å². The molecule has 98 valence electrons. The number of carboxylic acids is 1. The average molecular weight is 242 g/mol. The van der Waals surface area contributed by atoms with Crippen LogP contribution in [0.4, 0.5) is 4.79 Å². The molecule has 0 aromatic heterocycles. The number of carbonyl (C=O) groups is 2. The van der Waals surface area contributed by atoms with E-state index >= 15 is 0 Å². The van der Waals surface area contributed by atoms with E-state index in [1.165, 1.54) is 0 Å². The molecule has 0 bridgehead atoms. The van der Waals surface area contributed by atoms with Gasteiger partial charge in [-0.05, 0) is 25.2 Å². The second-order valence-corrected chi connectivity index (χ2v) is 5.06. The van der Waals surface area contributed by atoms with Crippen molar-refractivity contribution in [3.63, 3.8) is 0 Å². The van der Waals surface area contributed by atoms with Crippen LogP contribution in [0, 0.1) is 5.92 Å².